The molecule has 23 heavy (non-hydrogen) atoms. The first-order chi connectivity index (χ1) is 11.1. The van der Waals surface area contributed by atoms with Crippen molar-refractivity contribution >= 4 is 11.8 Å². The lowest BCUT2D eigenvalue weighted by Crippen LogP contribution is -2.17. The number of carbonyl (C=O) groups is 2. The van der Waals surface area contributed by atoms with Gasteiger partial charge in [0.1, 0.15) is 0 Å². The molecule has 1 aromatic rings. The van der Waals surface area contributed by atoms with E-state index in [0.717, 1.165) is 37.7 Å². The van der Waals surface area contributed by atoms with Gasteiger partial charge < -0.3 is 10.5 Å². The minimum atomic E-state index is -0.103. The second kappa shape index (κ2) is 8.82. The summed E-state index contributed by atoms with van der Waals surface area (Å²) < 4.78 is 4.75. The molecule has 1 aliphatic rings. The smallest absolute Gasteiger partial charge is 0.305 e. The van der Waals surface area contributed by atoms with E-state index >= 15 is 0 Å². The summed E-state index contributed by atoms with van der Waals surface area (Å²) in [5, 5.41) is 0. The van der Waals surface area contributed by atoms with Gasteiger partial charge in [-0.05, 0) is 56.0 Å². The zero-order chi connectivity index (χ0) is 16.7. The molecule has 0 aliphatic heterocycles. The summed E-state index contributed by atoms with van der Waals surface area (Å²) in [7, 11) is 1.45. The van der Waals surface area contributed by atoms with Gasteiger partial charge in [-0.1, -0.05) is 24.3 Å². The fourth-order valence-corrected chi connectivity index (χ4v) is 3.37. The molecule has 1 fully saturated rings. The van der Waals surface area contributed by atoms with Crippen LogP contribution in [0.25, 0.3) is 0 Å². The molecule has 1 saturated carbocycles. The molecule has 0 radical (unpaired) electrons. The average molecular weight is 317 g/mol. The van der Waals surface area contributed by atoms with Crippen LogP contribution in [0.4, 0.5) is 0 Å². The largest absolute Gasteiger partial charge is 0.469 e. The third-order valence-corrected chi connectivity index (χ3v) is 4.84. The quantitative estimate of drug-likeness (QED) is 0.618. The number of benzene rings is 1. The number of hydrogen-bond donors (Lipinski definition) is 1. The molecule has 2 rings (SSSR count). The number of rotatable bonds is 7. The number of Topliss-reactive ketones (excluding diaryl/α,β-unsaturated/α-hetero) is 1. The number of ketones is 1. The third-order valence-electron chi connectivity index (χ3n) is 4.84. The normalized spacial score (nSPS) is 21.0. The highest BCUT2D eigenvalue weighted by Crippen LogP contribution is 2.37. The molecule has 1 aliphatic carbocycles. The fourth-order valence-electron chi connectivity index (χ4n) is 3.37. The van der Waals surface area contributed by atoms with Crippen LogP contribution >= 0.6 is 0 Å². The molecule has 4 nitrogen and oxygen atoms in total. The molecule has 0 aromatic heterocycles. The molecule has 0 atom stereocenters. The summed E-state index contributed by atoms with van der Waals surface area (Å²) >= 11 is 0. The summed E-state index contributed by atoms with van der Waals surface area (Å²) in [4.78, 5) is 23.3. The van der Waals surface area contributed by atoms with E-state index in [4.69, 9.17) is 10.5 Å². The number of methoxy groups -OCH3 is 1. The Kier molecular flexibility index (Phi) is 6.78. The standard InChI is InChI=1S/C19H27NO3/c1-23-19(22)13-14-4-6-15(7-5-14)16-8-10-17(11-9-16)18(21)3-2-12-20/h8-11,14-15H,2-7,12-13,20H2,1H3. The Labute approximate surface area is 138 Å². The maximum Gasteiger partial charge on any atom is 0.305 e. The van der Waals surface area contributed by atoms with E-state index in [1.807, 2.05) is 12.1 Å². The number of hydrogen-bond acceptors (Lipinski definition) is 4. The minimum Gasteiger partial charge on any atom is -0.469 e. The summed E-state index contributed by atoms with van der Waals surface area (Å²) in [5.74, 6) is 1.06. The van der Waals surface area contributed by atoms with Crippen molar-refractivity contribution in [1.29, 1.82) is 0 Å². The lowest BCUT2D eigenvalue weighted by molar-refractivity contribution is -0.142. The molecule has 0 unspecified atom stereocenters. The van der Waals surface area contributed by atoms with Crippen LogP contribution in [0.1, 0.15) is 66.8 Å². The highest BCUT2D eigenvalue weighted by Gasteiger charge is 2.24. The van der Waals surface area contributed by atoms with Gasteiger partial charge in [0.25, 0.3) is 0 Å². The van der Waals surface area contributed by atoms with E-state index in [2.05, 4.69) is 12.1 Å². The summed E-state index contributed by atoms with van der Waals surface area (Å²) in [6.45, 7) is 0.554. The Bertz CT molecular complexity index is 516. The SMILES string of the molecule is COC(=O)CC1CCC(c2ccc(C(=O)CCCN)cc2)CC1. The molecule has 0 heterocycles. The van der Waals surface area contributed by atoms with Gasteiger partial charge in [0.05, 0.1) is 7.11 Å². The fraction of sp³-hybridized carbons (Fsp3) is 0.579. The topological polar surface area (TPSA) is 69.4 Å². The van der Waals surface area contributed by atoms with Gasteiger partial charge in [-0.2, -0.15) is 0 Å². The summed E-state index contributed by atoms with van der Waals surface area (Å²) in [5.41, 5.74) is 7.53. The van der Waals surface area contributed by atoms with Crippen molar-refractivity contribution in [2.24, 2.45) is 11.7 Å². The van der Waals surface area contributed by atoms with Crippen LogP contribution < -0.4 is 5.73 Å². The molecular formula is C19H27NO3. The van der Waals surface area contributed by atoms with Crippen molar-refractivity contribution in [1.82, 2.24) is 0 Å². The van der Waals surface area contributed by atoms with Crippen molar-refractivity contribution in [3.63, 3.8) is 0 Å². The Balaban J connectivity index is 1.86. The molecule has 0 amide bonds. The molecule has 0 spiro atoms. The van der Waals surface area contributed by atoms with E-state index in [-0.39, 0.29) is 11.8 Å². The first-order valence-corrected chi connectivity index (χ1v) is 8.54. The van der Waals surface area contributed by atoms with Crippen molar-refractivity contribution in [2.45, 2.75) is 50.9 Å². The molecule has 4 heteroatoms. The van der Waals surface area contributed by atoms with Gasteiger partial charge in [0, 0.05) is 18.4 Å². The van der Waals surface area contributed by atoms with E-state index in [1.165, 1.54) is 12.7 Å². The van der Waals surface area contributed by atoms with Crippen LogP contribution in [0, 0.1) is 5.92 Å². The van der Waals surface area contributed by atoms with Gasteiger partial charge in [-0.3, -0.25) is 9.59 Å². The molecule has 1 aromatic carbocycles. The van der Waals surface area contributed by atoms with Crippen LogP contribution in [0.2, 0.25) is 0 Å². The van der Waals surface area contributed by atoms with Crippen molar-refractivity contribution in [3.05, 3.63) is 35.4 Å². The van der Waals surface area contributed by atoms with E-state index < -0.39 is 0 Å². The first kappa shape index (κ1) is 17.7. The van der Waals surface area contributed by atoms with E-state index in [0.29, 0.717) is 31.2 Å². The predicted octanol–water partition coefficient (Wildman–Crippen LogP) is 3.45. The van der Waals surface area contributed by atoms with Crippen LogP contribution in [-0.2, 0) is 9.53 Å². The Hall–Kier alpha value is -1.68. The second-order valence-electron chi connectivity index (χ2n) is 6.44. The van der Waals surface area contributed by atoms with Crippen LogP contribution in [0.15, 0.2) is 24.3 Å². The Morgan fingerprint density at radius 1 is 1.13 bits per heavy atom. The lowest BCUT2D eigenvalue weighted by Gasteiger charge is -2.28. The highest BCUT2D eigenvalue weighted by atomic mass is 16.5. The molecule has 2 N–H and O–H groups in total. The summed E-state index contributed by atoms with van der Waals surface area (Å²) in [6, 6.07) is 8.05. The maximum absolute atomic E-state index is 12.0. The average Bonchev–Trinajstić information content (AvgIpc) is 2.60. The maximum atomic E-state index is 12.0. The molecule has 0 saturated heterocycles. The molecular weight excluding hydrogens is 290 g/mol. The van der Waals surface area contributed by atoms with Crippen LogP contribution in [-0.4, -0.2) is 25.4 Å². The predicted molar refractivity (Wildman–Crippen MR) is 90.4 cm³/mol. The van der Waals surface area contributed by atoms with Crippen LogP contribution in [0.3, 0.4) is 0 Å². The Morgan fingerprint density at radius 3 is 2.35 bits per heavy atom. The zero-order valence-corrected chi connectivity index (χ0v) is 13.9. The number of nitrogens with two attached hydrogens (primary N) is 1. The molecule has 126 valence electrons. The van der Waals surface area contributed by atoms with Crippen molar-refractivity contribution < 1.29 is 14.3 Å². The third kappa shape index (κ3) is 5.17. The second-order valence-corrected chi connectivity index (χ2v) is 6.44. The van der Waals surface area contributed by atoms with Gasteiger partial charge >= 0.3 is 5.97 Å². The summed E-state index contributed by atoms with van der Waals surface area (Å²) in [6.07, 6.45) is 6.13. The van der Waals surface area contributed by atoms with Crippen molar-refractivity contribution in [2.75, 3.05) is 13.7 Å². The monoisotopic (exact) mass is 317 g/mol. The highest BCUT2D eigenvalue weighted by molar-refractivity contribution is 5.96. The number of carbonyl (C=O) groups excluding carboxylic acids is 2. The van der Waals surface area contributed by atoms with Crippen LogP contribution in [0.5, 0.6) is 0 Å². The first-order valence-electron chi connectivity index (χ1n) is 8.54. The number of ether oxygens (including phenoxy) is 1. The van der Waals surface area contributed by atoms with Gasteiger partial charge in [0.15, 0.2) is 5.78 Å². The van der Waals surface area contributed by atoms with Crippen molar-refractivity contribution in [3.8, 4) is 0 Å². The zero-order valence-electron chi connectivity index (χ0n) is 13.9. The van der Waals surface area contributed by atoms with E-state index in [9.17, 15) is 9.59 Å². The van der Waals surface area contributed by atoms with Gasteiger partial charge in [0.2, 0.25) is 0 Å². The Morgan fingerprint density at radius 2 is 1.78 bits per heavy atom. The number of esters is 1. The lowest BCUT2D eigenvalue weighted by atomic mass is 9.77. The molecule has 0 bridgehead atoms. The minimum absolute atomic E-state index is 0.103. The van der Waals surface area contributed by atoms with Gasteiger partial charge in [-0.25, -0.2) is 0 Å². The van der Waals surface area contributed by atoms with Gasteiger partial charge in [-0.15, -0.1) is 0 Å². The van der Waals surface area contributed by atoms with E-state index in [1.54, 1.807) is 0 Å².